The molecule has 0 saturated carbocycles. The van der Waals surface area contributed by atoms with Crippen molar-refractivity contribution in [1.82, 2.24) is 0 Å². The fourth-order valence-electron chi connectivity index (χ4n) is 4.29. The number of phenols is 1. The van der Waals surface area contributed by atoms with E-state index in [-0.39, 0.29) is 0 Å². The van der Waals surface area contributed by atoms with Gasteiger partial charge >= 0.3 is 0 Å². The molecular weight excluding hydrogens is 771 g/mol. The number of aromatic hydroxyl groups is 1. The van der Waals surface area contributed by atoms with Crippen molar-refractivity contribution in [3.63, 3.8) is 0 Å². The van der Waals surface area contributed by atoms with E-state index in [2.05, 4.69) is 27.0 Å². The third-order valence-corrected chi connectivity index (χ3v) is 11.4. The number of fused-ring (bicyclic) bond motifs is 1. The van der Waals surface area contributed by atoms with Gasteiger partial charge in [-0.25, -0.2) is 8.42 Å². The lowest BCUT2D eigenvalue weighted by atomic mass is 10.1. The van der Waals surface area contributed by atoms with Crippen LogP contribution in [0.5, 0.6) is 5.75 Å². The van der Waals surface area contributed by atoms with Gasteiger partial charge in [-0.05, 0) is 60.3 Å². The number of azo groups is 2. The number of hydrogen-bond donors (Lipinski definition) is 6. The number of phenolic OH excluding ortho intramolecular Hbond substituents is 1. The van der Waals surface area contributed by atoms with Crippen LogP contribution >= 0.6 is 0 Å². The Bertz CT molecular complexity index is 2760. The number of hydrogen-bond acceptors (Lipinski definition) is 16. The first-order chi connectivity index (χ1) is 22.8. The molecular formula is C25H21N5O15S5. The average Bonchev–Trinajstić information content (AvgIpc) is 2.97. The predicted molar refractivity (Wildman–Crippen MR) is 173 cm³/mol. The van der Waals surface area contributed by atoms with Crippen molar-refractivity contribution in [2.45, 2.75) is 31.4 Å². The molecule has 0 spiro atoms. The van der Waals surface area contributed by atoms with E-state index in [1.165, 1.54) is 13.0 Å². The highest BCUT2D eigenvalue weighted by molar-refractivity contribution is 7.94. The van der Waals surface area contributed by atoms with Crippen LogP contribution in [0.1, 0.15) is 5.56 Å². The molecule has 7 N–H and O–H groups in total. The van der Waals surface area contributed by atoms with Crippen LogP contribution in [0.4, 0.5) is 28.4 Å². The quantitative estimate of drug-likeness (QED) is 0.0745. The van der Waals surface area contributed by atoms with E-state index in [1.54, 1.807) is 0 Å². The molecule has 0 heterocycles. The van der Waals surface area contributed by atoms with Crippen LogP contribution in [-0.2, 0) is 50.3 Å². The largest absolute Gasteiger partial charge is 0.505 e. The van der Waals surface area contributed by atoms with Gasteiger partial charge in [0.2, 0.25) is 0 Å². The van der Waals surface area contributed by atoms with Gasteiger partial charge < -0.3 is 10.8 Å². The summed E-state index contributed by atoms with van der Waals surface area (Å²) in [4.78, 5) is -5.02. The zero-order chi connectivity index (χ0) is 37.8. The fourth-order valence-corrected chi connectivity index (χ4v) is 7.68. The predicted octanol–water partition coefficient (Wildman–Crippen LogP) is 4.17. The normalized spacial score (nSPS) is 13.4. The molecule has 0 aliphatic heterocycles. The molecule has 266 valence electrons. The molecule has 0 atom stereocenters. The minimum absolute atomic E-state index is 0.384. The standard InChI is InChI=1S/C25H21N5O15S5/c1-3-46(32,33)14-5-6-15(18(11-14)48(37,38)39)27-29-23-19(49(40,41)42)9-13-10-20(50(43,44)45)24(25(31)21(13)22(23)26)30-28-16-8-12(2)4-7-17(16)47(34,35)36/h3-11,31H,1,26H2,2H3,(H,34,35,36)(H,37,38,39)(H,40,41,42)(H,43,44,45). The molecule has 25 heteroatoms. The van der Waals surface area contributed by atoms with Gasteiger partial charge in [-0.3, -0.25) is 18.2 Å². The van der Waals surface area contributed by atoms with Crippen molar-refractivity contribution in [3.8, 4) is 5.75 Å². The van der Waals surface area contributed by atoms with Gasteiger partial charge in [0.25, 0.3) is 40.5 Å². The molecule has 4 aromatic rings. The summed E-state index contributed by atoms with van der Waals surface area (Å²) in [7, 11) is -25.1. The highest BCUT2D eigenvalue weighted by Crippen LogP contribution is 2.48. The van der Waals surface area contributed by atoms with E-state index >= 15 is 0 Å². The minimum atomic E-state index is -5.37. The van der Waals surface area contributed by atoms with Crippen LogP contribution < -0.4 is 5.73 Å². The topological polar surface area (TPSA) is 347 Å². The summed E-state index contributed by atoms with van der Waals surface area (Å²) in [5.74, 6) is -1.24. The van der Waals surface area contributed by atoms with Gasteiger partial charge in [0.15, 0.2) is 15.6 Å². The first kappa shape index (κ1) is 38.1. The smallest absolute Gasteiger partial charge is 0.296 e. The number of rotatable bonds is 10. The van der Waals surface area contributed by atoms with Crippen molar-refractivity contribution in [2.24, 2.45) is 20.5 Å². The van der Waals surface area contributed by atoms with Crippen LogP contribution in [0, 0.1) is 6.92 Å². The van der Waals surface area contributed by atoms with Crippen molar-refractivity contribution in [1.29, 1.82) is 0 Å². The number of anilines is 1. The number of sulfone groups is 1. The summed E-state index contributed by atoms with van der Waals surface area (Å²) < 4.78 is 161. The molecule has 0 aliphatic rings. The van der Waals surface area contributed by atoms with E-state index in [9.17, 15) is 65.4 Å². The van der Waals surface area contributed by atoms with E-state index in [0.29, 0.717) is 29.2 Å². The summed E-state index contributed by atoms with van der Waals surface area (Å²) in [5.41, 5.74) is 2.13. The Labute approximate surface area is 283 Å². The molecule has 0 radical (unpaired) electrons. The molecule has 4 rings (SSSR count). The number of nitrogen functional groups attached to an aromatic ring is 1. The van der Waals surface area contributed by atoms with Gasteiger partial charge in [0.1, 0.15) is 42.3 Å². The summed E-state index contributed by atoms with van der Waals surface area (Å²) in [6.45, 7) is 4.58. The Morgan fingerprint density at radius 1 is 0.620 bits per heavy atom. The molecule has 0 fully saturated rings. The summed E-state index contributed by atoms with van der Waals surface area (Å²) >= 11 is 0. The molecule has 20 nitrogen and oxygen atoms in total. The lowest BCUT2D eigenvalue weighted by Crippen LogP contribution is -2.04. The number of nitrogens with two attached hydrogens (primary N) is 1. The maximum absolute atomic E-state index is 12.4. The summed E-state index contributed by atoms with van der Waals surface area (Å²) in [6, 6.07) is 6.43. The minimum Gasteiger partial charge on any atom is -0.505 e. The van der Waals surface area contributed by atoms with Crippen LogP contribution in [-0.4, -0.2) is 65.4 Å². The van der Waals surface area contributed by atoms with Gasteiger partial charge in [0, 0.05) is 5.41 Å². The molecule has 0 saturated heterocycles. The van der Waals surface area contributed by atoms with Gasteiger partial charge in [-0.2, -0.15) is 33.7 Å². The van der Waals surface area contributed by atoms with Gasteiger partial charge in [-0.15, -0.1) is 20.5 Å². The Balaban J connectivity index is 2.08. The maximum Gasteiger partial charge on any atom is 0.296 e. The number of nitrogens with zero attached hydrogens (tertiary/aromatic N) is 4. The van der Waals surface area contributed by atoms with E-state index in [0.717, 1.165) is 24.3 Å². The highest BCUT2D eigenvalue weighted by Gasteiger charge is 2.29. The van der Waals surface area contributed by atoms with Crippen LogP contribution in [0.2, 0.25) is 0 Å². The van der Waals surface area contributed by atoms with Crippen LogP contribution in [0.3, 0.4) is 0 Å². The molecule has 0 amide bonds. The van der Waals surface area contributed by atoms with Crippen molar-refractivity contribution < 1.29 is 65.4 Å². The molecule has 4 aromatic carbocycles. The van der Waals surface area contributed by atoms with Crippen molar-refractivity contribution in [3.05, 3.63) is 66.1 Å². The number of benzene rings is 4. The molecule has 0 unspecified atom stereocenters. The maximum atomic E-state index is 12.4. The third kappa shape index (κ3) is 7.69. The first-order valence-corrected chi connectivity index (χ1v) is 20.1. The zero-order valence-electron chi connectivity index (χ0n) is 24.6. The van der Waals surface area contributed by atoms with Crippen LogP contribution in [0.25, 0.3) is 10.8 Å². The average molecular weight is 792 g/mol. The lowest BCUT2D eigenvalue weighted by Gasteiger charge is -2.14. The third-order valence-electron chi connectivity index (χ3n) is 6.53. The second-order valence-corrected chi connectivity index (χ2v) is 17.4. The zero-order valence-corrected chi connectivity index (χ0v) is 28.7. The molecule has 50 heavy (non-hydrogen) atoms. The molecule has 0 aromatic heterocycles. The molecule has 0 aliphatic carbocycles. The Kier molecular flexibility index (Phi) is 9.80. The fraction of sp³-hybridized carbons (Fsp3) is 0.0400. The van der Waals surface area contributed by atoms with E-state index < -0.39 is 120 Å². The first-order valence-electron chi connectivity index (χ1n) is 12.7. The van der Waals surface area contributed by atoms with E-state index in [1.807, 2.05) is 0 Å². The summed E-state index contributed by atoms with van der Waals surface area (Å²) in [6.07, 6.45) is 0. The SMILES string of the molecule is C=CS(=O)(=O)c1ccc(N=Nc2c(S(=O)(=O)O)cc3cc(S(=O)(=O)O)c(N=Nc4cc(C)ccc4S(=O)(=O)O)c(O)c3c2N)c(S(=O)(=O)O)c1. The second kappa shape index (κ2) is 12.9. The Hall–Kier alpha value is -4.73. The lowest BCUT2D eigenvalue weighted by molar-refractivity contribution is 0.472. The summed E-state index contributed by atoms with van der Waals surface area (Å²) in [5, 5.41) is 24.6. The van der Waals surface area contributed by atoms with Crippen LogP contribution in [0.15, 0.2) is 105 Å². The van der Waals surface area contributed by atoms with Crippen molar-refractivity contribution in [2.75, 3.05) is 5.73 Å². The van der Waals surface area contributed by atoms with Crippen molar-refractivity contribution >= 4 is 89.5 Å². The Morgan fingerprint density at radius 2 is 1.12 bits per heavy atom. The second-order valence-electron chi connectivity index (χ2n) is 9.92. The molecule has 0 bridgehead atoms. The van der Waals surface area contributed by atoms with Gasteiger partial charge in [-0.1, -0.05) is 12.6 Å². The Morgan fingerprint density at radius 3 is 1.64 bits per heavy atom. The monoisotopic (exact) mass is 791 g/mol. The highest BCUT2D eigenvalue weighted by atomic mass is 32.2. The number of aryl methyl sites for hydroxylation is 1. The van der Waals surface area contributed by atoms with Gasteiger partial charge in [0.05, 0.1) is 16.0 Å². The van der Waals surface area contributed by atoms with E-state index in [4.69, 9.17) is 5.73 Å².